The van der Waals surface area contributed by atoms with Crippen LogP contribution in [0, 0.1) is 0 Å². The number of carboxylic acids is 2. The summed E-state index contributed by atoms with van der Waals surface area (Å²) in [5.74, 6) is -3.41. The number of aliphatic hydroxyl groups excluding tert-OH is 6. The highest BCUT2D eigenvalue weighted by Crippen LogP contribution is 2.28. The molecule has 14 atom stereocenters. The molecule has 0 saturated carbocycles. The van der Waals surface area contributed by atoms with Gasteiger partial charge in [0.15, 0.2) is 12.6 Å². The standard InChI is InChI=1S/2C26H48O9.C4H11N/c2*1-4-6-8-10-12-14-19(16-21(27)28)34-22(29)17-20(15-13-11-9-7-5-2)35-26-25(32)24(31)23(30)18(3)33-26;1-4(2,3)5/h2*18-20,23-26,30-32H,4-17H2,1-3H3,(H,27,28);5H2,1-3H3. The van der Waals surface area contributed by atoms with Gasteiger partial charge >= 0.3 is 17.9 Å². The van der Waals surface area contributed by atoms with Gasteiger partial charge < -0.3 is 79.8 Å². The third-order valence-electron chi connectivity index (χ3n) is 13.0. The number of rotatable bonds is 38. The molecule has 444 valence electrons. The Bertz CT molecular complexity index is 1360. The highest BCUT2D eigenvalue weighted by atomic mass is 16.7. The number of carboxylic acid groups (broad SMARTS) is 2. The maximum Gasteiger partial charge on any atom is 0.308 e. The normalized spacial score (nSPS) is 25.3. The van der Waals surface area contributed by atoms with Crippen molar-refractivity contribution in [3.63, 3.8) is 0 Å². The minimum absolute atomic E-state index is 0.112. The summed E-state index contributed by atoms with van der Waals surface area (Å²) in [6.45, 7) is 17.9. The zero-order valence-electron chi connectivity index (χ0n) is 47.7. The van der Waals surface area contributed by atoms with Crippen molar-refractivity contribution in [1.29, 1.82) is 0 Å². The number of ether oxygens (including phenoxy) is 6. The van der Waals surface area contributed by atoms with Gasteiger partial charge in [-0.15, -0.1) is 0 Å². The quantitative estimate of drug-likeness (QED) is 0.0256. The summed E-state index contributed by atoms with van der Waals surface area (Å²) in [7, 11) is 0. The molecule has 0 amide bonds. The van der Waals surface area contributed by atoms with E-state index in [2.05, 4.69) is 54.2 Å². The molecule has 10 N–H and O–H groups in total. The zero-order valence-corrected chi connectivity index (χ0v) is 47.7. The second-order valence-electron chi connectivity index (χ2n) is 22.1. The van der Waals surface area contributed by atoms with Gasteiger partial charge in [0, 0.05) is 12.4 Å². The van der Waals surface area contributed by atoms with E-state index in [0.717, 1.165) is 128 Å². The van der Waals surface area contributed by atoms with Gasteiger partial charge in [-0.05, 0) is 73.1 Å². The van der Waals surface area contributed by atoms with Gasteiger partial charge in [-0.25, -0.2) is 0 Å². The Balaban J connectivity index is 0.00000134. The number of hydrogen-bond acceptors (Lipinski definition) is 17. The van der Waals surface area contributed by atoms with Crippen LogP contribution in [0.25, 0.3) is 0 Å². The van der Waals surface area contributed by atoms with Crippen LogP contribution in [0.5, 0.6) is 0 Å². The first-order valence-corrected chi connectivity index (χ1v) is 28.7. The molecule has 19 heteroatoms. The largest absolute Gasteiger partial charge is 0.550 e. The smallest absolute Gasteiger partial charge is 0.308 e. The maximum absolute atomic E-state index is 12.7. The molecular weight excluding hydrogens is 975 g/mol. The van der Waals surface area contributed by atoms with Crippen LogP contribution in [0.3, 0.4) is 0 Å². The van der Waals surface area contributed by atoms with E-state index in [4.69, 9.17) is 28.4 Å². The summed E-state index contributed by atoms with van der Waals surface area (Å²) in [6, 6.07) is 0. The number of unbranched alkanes of at least 4 members (excludes halogenated alkanes) is 16. The Labute approximate surface area is 450 Å². The van der Waals surface area contributed by atoms with Crippen LogP contribution in [0.2, 0.25) is 0 Å². The van der Waals surface area contributed by atoms with Crippen molar-refractivity contribution in [2.75, 3.05) is 0 Å². The number of hydrogen-bond donors (Lipinski definition) is 8. The van der Waals surface area contributed by atoms with E-state index in [1.807, 2.05) is 0 Å². The van der Waals surface area contributed by atoms with Crippen LogP contribution in [0.1, 0.15) is 242 Å². The third-order valence-corrected chi connectivity index (χ3v) is 13.0. The van der Waals surface area contributed by atoms with Gasteiger partial charge in [0.2, 0.25) is 0 Å². The summed E-state index contributed by atoms with van der Waals surface area (Å²) in [5, 5.41) is 81.0. The van der Waals surface area contributed by atoms with Crippen molar-refractivity contribution in [3.8, 4) is 0 Å². The SMILES string of the molecule is CC(C)(C)[NH3+].CCCCCCCC(CC(=O)O)OC(=O)CC(CCCCCCC)OC1OC(C)C(O)C(O)C1O.CCCCCCCC(CC(=O)[O-])OC(=O)CC(CCCCCCC)OC1OC(C)C(O)C(O)C1O. The lowest BCUT2D eigenvalue weighted by molar-refractivity contribution is -0.458. The summed E-state index contributed by atoms with van der Waals surface area (Å²) >= 11 is 0. The van der Waals surface area contributed by atoms with Gasteiger partial charge in [-0.2, -0.15) is 0 Å². The van der Waals surface area contributed by atoms with Crippen LogP contribution < -0.4 is 10.8 Å². The van der Waals surface area contributed by atoms with Crippen molar-refractivity contribution in [1.82, 2.24) is 0 Å². The van der Waals surface area contributed by atoms with Gasteiger partial charge in [0.1, 0.15) is 48.8 Å². The minimum Gasteiger partial charge on any atom is -0.550 e. The van der Waals surface area contributed by atoms with Gasteiger partial charge in [0.05, 0.1) is 49.2 Å². The molecule has 0 spiro atoms. The van der Waals surface area contributed by atoms with E-state index >= 15 is 0 Å². The molecule has 2 rings (SSSR count). The number of esters is 2. The highest BCUT2D eigenvalue weighted by Gasteiger charge is 2.45. The molecule has 2 fully saturated rings. The van der Waals surface area contributed by atoms with Gasteiger partial charge in [-0.1, -0.05) is 143 Å². The van der Waals surface area contributed by atoms with Gasteiger partial charge in [0.25, 0.3) is 0 Å². The Morgan fingerprint density at radius 1 is 0.467 bits per heavy atom. The van der Waals surface area contributed by atoms with Crippen molar-refractivity contribution >= 4 is 23.9 Å². The fourth-order valence-electron chi connectivity index (χ4n) is 8.60. The summed E-state index contributed by atoms with van der Waals surface area (Å²) in [6.07, 6.45) is 6.42. The molecule has 2 heterocycles. The van der Waals surface area contributed by atoms with E-state index in [0.29, 0.717) is 25.7 Å². The van der Waals surface area contributed by atoms with Gasteiger partial charge in [-0.3, -0.25) is 14.4 Å². The average molecular weight is 1080 g/mol. The summed E-state index contributed by atoms with van der Waals surface area (Å²) in [5.41, 5.74) is 4.02. The van der Waals surface area contributed by atoms with E-state index in [-0.39, 0.29) is 31.2 Å². The second kappa shape index (κ2) is 42.4. The molecule has 0 aromatic heterocycles. The van der Waals surface area contributed by atoms with E-state index in [1.165, 1.54) is 0 Å². The monoisotopic (exact) mass is 1080 g/mol. The van der Waals surface area contributed by atoms with Crippen LogP contribution in [-0.2, 0) is 47.6 Å². The number of aliphatic carboxylic acids is 2. The molecule has 75 heavy (non-hydrogen) atoms. The predicted molar refractivity (Wildman–Crippen MR) is 281 cm³/mol. The molecule has 0 aliphatic carbocycles. The Morgan fingerprint density at radius 3 is 1.03 bits per heavy atom. The molecule has 0 radical (unpaired) electrons. The van der Waals surface area contributed by atoms with Crippen molar-refractivity contribution in [3.05, 3.63) is 0 Å². The molecule has 2 saturated heterocycles. The number of carbonyl (C=O) groups is 4. The molecule has 2 aliphatic rings. The summed E-state index contributed by atoms with van der Waals surface area (Å²) in [4.78, 5) is 47.8. The Kier molecular flexibility index (Phi) is 40.9. The molecule has 19 nitrogen and oxygen atoms in total. The maximum atomic E-state index is 12.7. The van der Waals surface area contributed by atoms with E-state index in [1.54, 1.807) is 13.8 Å². The predicted octanol–water partition coefficient (Wildman–Crippen LogP) is 6.09. The number of carbonyl (C=O) groups excluding carboxylic acids is 3. The molecule has 14 unspecified atom stereocenters. The average Bonchev–Trinajstić information content (AvgIpc) is 3.32. The first-order chi connectivity index (χ1) is 35.4. The van der Waals surface area contributed by atoms with Crippen LogP contribution in [0.4, 0.5) is 0 Å². The summed E-state index contributed by atoms with van der Waals surface area (Å²) < 4.78 is 33.9. The third kappa shape index (κ3) is 36.3. The first kappa shape index (κ1) is 72.4. The topological polar surface area (TPSA) is 316 Å². The van der Waals surface area contributed by atoms with E-state index < -0.39 is 110 Å². The lowest BCUT2D eigenvalue weighted by atomic mass is 9.99. The molecule has 2 aliphatic heterocycles. The zero-order chi connectivity index (χ0) is 56.9. The number of aliphatic hydroxyl groups is 6. The van der Waals surface area contributed by atoms with Crippen LogP contribution >= 0.6 is 0 Å². The first-order valence-electron chi connectivity index (χ1n) is 28.7. The van der Waals surface area contributed by atoms with Crippen LogP contribution in [-0.4, -0.2) is 151 Å². The lowest BCUT2D eigenvalue weighted by Gasteiger charge is -2.40. The molecule has 0 bridgehead atoms. The number of quaternary nitrogens is 1. The van der Waals surface area contributed by atoms with Crippen LogP contribution in [0.15, 0.2) is 0 Å². The minimum atomic E-state index is -1.46. The highest BCUT2D eigenvalue weighted by molar-refractivity contribution is 5.72. The van der Waals surface area contributed by atoms with E-state index in [9.17, 15) is 60.0 Å². The molecule has 0 aromatic carbocycles. The molecular formula is C56H107NO18. The van der Waals surface area contributed by atoms with Crippen molar-refractivity contribution in [2.45, 2.75) is 333 Å². The Morgan fingerprint density at radius 2 is 0.747 bits per heavy atom. The van der Waals surface area contributed by atoms with Crippen molar-refractivity contribution < 1.29 is 94.2 Å². The second-order valence-corrected chi connectivity index (χ2v) is 22.1. The fourth-order valence-corrected chi connectivity index (χ4v) is 8.60. The Hall–Kier alpha value is -2.56. The lowest BCUT2D eigenvalue weighted by Crippen LogP contribution is -2.67. The fraction of sp³-hybridized carbons (Fsp3) is 0.929. The van der Waals surface area contributed by atoms with Crippen molar-refractivity contribution in [2.24, 2.45) is 0 Å². The molecule has 0 aromatic rings.